The van der Waals surface area contributed by atoms with Gasteiger partial charge in [0.25, 0.3) is 0 Å². The predicted molar refractivity (Wildman–Crippen MR) is 74.6 cm³/mol. The second kappa shape index (κ2) is 5.14. The summed E-state index contributed by atoms with van der Waals surface area (Å²) in [5.74, 6) is 0.325. The van der Waals surface area contributed by atoms with E-state index in [1.807, 2.05) is 16.7 Å². The lowest BCUT2D eigenvalue weighted by Gasteiger charge is -2.52. The number of nitrogens with zero attached hydrogens (tertiary/aromatic N) is 2. The van der Waals surface area contributed by atoms with Crippen LogP contribution >= 0.6 is 0 Å². The Hall–Kier alpha value is -1.06. The number of rotatable bonds is 3. The van der Waals surface area contributed by atoms with Crippen molar-refractivity contribution in [1.82, 2.24) is 9.80 Å². The molecule has 4 nitrogen and oxygen atoms in total. The lowest BCUT2D eigenvalue weighted by Crippen LogP contribution is -2.69. The third-order valence-electron chi connectivity index (χ3n) is 4.81. The Morgan fingerprint density at radius 2 is 1.84 bits per heavy atom. The van der Waals surface area contributed by atoms with Gasteiger partial charge >= 0.3 is 0 Å². The highest BCUT2D eigenvalue weighted by Crippen LogP contribution is 2.33. The van der Waals surface area contributed by atoms with Gasteiger partial charge in [0.05, 0.1) is 0 Å². The van der Waals surface area contributed by atoms with Gasteiger partial charge in [0.15, 0.2) is 0 Å². The normalized spacial score (nSPS) is 28.6. The molecule has 0 radical (unpaired) electrons. The van der Waals surface area contributed by atoms with Crippen LogP contribution < -0.4 is 0 Å². The van der Waals surface area contributed by atoms with Gasteiger partial charge in [-0.1, -0.05) is 13.8 Å². The maximum Gasteiger partial charge on any atom is 0.246 e. The highest BCUT2D eigenvalue weighted by molar-refractivity contribution is 5.97. The van der Waals surface area contributed by atoms with E-state index in [1.54, 1.807) is 0 Å². The van der Waals surface area contributed by atoms with Crippen molar-refractivity contribution in [2.45, 2.75) is 77.4 Å². The molecule has 0 saturated carbocycles. The van der Waals surface area contributed by atoms with Gasteiger partial charge in [0, 0.05) is 12.1 Å². The molecule has 0 spiro atoms. The minimum atomic E-state index is -0.267. The molecule has 2 unspecified atom stereocenters. The van der Waals surface area contributed by atoms with Crippen LogP contribution in [0.2, 0.25) is 0 Å². The van der Waals surface area contributed by atoms with Crippen molar-refractivity contribution in [2.75, 3.05) is 6.54 Å². The van der Waals surface area contributed by atoms with Crippen LogP contribution in [0.3, 0.4) is 0 Å². The molecule has 4 heteroatoms. The van der Waals surface area contributed by atoms with E-state index in [-0.39, 0.29) is 29.4 Å². The highest BCUT2D eigenvalue weighted by atomic mass is 16.2. The summed E-state index contributed by atoms with van der Waals surface area (Å²) in [6, 6.07) is -0.466. The van der Waals surface area contributed by atoms with Gasteiger partial charge in [-0.05, 0) is 46.0 Å². The van der Waals surface area contributed by atoms with Crippen LogP contribution in [0.1, 0.15) is 59.8 Å². The van der Waals surface area contributed by atoms with Crippen molar-refractivity contribution in [3.05, 3.63) is 0 Å². The Morgan fingerprint density at radius 3 is 2.42 bits per heavy atom. The van der Waals surface area contributed by atoms with Gasteiger partial charge in [-0.3, -0.25) is 9.59 Å². The zero-order valence-corrected chi connectivity index (χ0v) is 12.6. The fourth-order valence-corrected chi connectivity index (χ4v) is 3.32. The van der Waals surface area contributed by atoms with E-state index < -0.39 is 0 Å². The minimum Gasteiger partial charge on any atom is -0.329 e. The maximum absolute atomic E-state index is 12.8. The molecule has 0 aliphatic carbocycles. The SMILES string of the molecule is CCC1C(=O)N2CCCCC2C(=O)N1C(C)(C)CC. The molecule has 0 aromatic carbocycles. The minimum absolute atomic E-state index is 0.160. The first kappa shape index (κ1) is 14.4. The molecule has 19 heavy (non-hydrogen) atoms. The topological polar surface area (TPSA) is 40.6 Å². The average Bonchev–Trinajstić information content (AvgIpc) is 2.42. The Bertz CT molecular complexity index is 378. The summed E-state index contributed by atoms with van der Waals surface area (Å²) in [5, 5.41) is 0. The Balaban J connectivity index is 2.36. The first-order valence-electron chi connectivity index (χ1n) is 7.57. The summed E-state index contributed by atoms with van der Waals surface area (Å²) in [4.78, 5) is 29.2. The number of amides is 2. The molecule has 2 aliphatic rings. The fourth-order valence-electron chi connectivity index (χ4n) is 3.32. The molecule has 2 aliphatic heterocycles. The zero-order chi connectivity index (χ0) is 14.2. The molecule has 0 N–H and O–H groups in total. The molecule has 2 fully saturated rings. The summed E-state index contributed by atoms with van der Waals surface area (Å²) in [5.41, 5.74) is -0.239. The summed E-state index contributed by atoms with van der Waals surface area (Å²) in [6.07, 6.45) is 4.49. The fraction of sp³-hybridized carbons (Fsp3) is 0.867. The van der Waals surface area contributed by atoms with Crippen molar-refractivity contribution in [1.29, 1.82) is 0 Å². The van der Waals surface area contributed by atoms with Crippen LogP contribution in [0, 0.1) is 0 Å². The molecule has 2 rings (SSSR count). The molecule has 0 aromatic heterocycles. The number of carbonyl (C=O) groups is 2. The van der Waals surface area contributed by atoms with E-state index in [1.165, 1.54) is 0 Å². The molecular formula is C15H26N2O2. The van der Waals surface area contributed by atoms with E-state index in [0.717, 1.165) is 32.2 Å². The number of piperidine rings is 1. The number of piperazine rings is 1. The van der Waals surface area contributed by atoms with Crippen LogP contribution in [0.5, 0.6) is 0 Å². The van der Waals surface area contributed by atoms with Gasteiger partial charge in [0.2, 0.25) is 11.8 Å². The Kier molecular flexibility index (Phi) is 3.88. The lowest BCUT2D eigenvalue weighted by molar-refractivity contribution is -0.170. The second-order valence-electron chi connectivity index (χ2n) is 6.34. The van der Waals surface area contributed by atoms with Crippen LogP contribution in [0.4, 0.5) is 0 Å². The van der Waals surface area contributed by atoms with Crippen molar-refractivity contribution in [3.63, 3.8) is 0 Å². The number of hydrogen-bond acceptors (Lipinski definition) is 2. The largest absolute Gasteiger partial charge is 0.329 e. The van der Waals surface area contributed by atoms with E-state index in [0.29, 0.717) is 6.42 Å². The summed E-state index contributed by atoms with van der Waals surface area (Å²) < 4.78 is 0. The van der Waals surface area contributed by atoms with Crippen LogP contribution in [-0.4, -0.2) is 45.8 Å². The van der Waals surface area contributed by atoms with Gasteiger partial charge < -0.3 is 9.80 Å². The maximum atomic E-state index is 12.8. The molecule has 2 atom stereocenters. The lowest BCUT2D eigenvalue weighted by atomic mass is 9.88. The smallest absolute Gasteiger partial charge is 0.246 e. The molecule has 2 heterocycles. The van der Waals surface area contributed by atoms with Gasteiger partial charge in [-0.2, -0.15) is 0 Å². The van der Waals surface area contributed by atoms with Crippen molar-refractivity contribution in [2.24, 2.45) is 0 Å². The second-order valence-corrected chi connectivity index (χ2v) is 6.34. The molecule has 108 valence electrons. The zero-order valence-electron chi connectivity index (χ0n) is 12.6. The van der Waals surface area contributed by atoms with Gasteiger partial charge in [-0.25, -0.2) is 0 Å². The van der Waals surface area contributed by atoms with E-state index in [9.17, 15) is 9.59 Å². The first-order valence-corrected chi connectivity index (χ1v) is 7.57. The Labute approximate surface area is 116 Å². The first-order chi connectivity index (χ1) is 8.94. The van der Waals surface area contributed by atoms with Crippen molar-refractivity contribution in [3.8, 4) is 0 Å². The summed E-state index contributed by atoms with van der Waals surface area (Å²) in [6.45, 7) is 8.97. The Morgan fingerprint density at radius 1 is 1.16 bits per heavy atom. The predicted octanol–water partition coefficient (Wildman–Crippen LogP) is 2.18. The van der Waals surface area contributed by atoms with Crippen molar-refractivity contribution < 1.29 is 9.59 Å². The van der Waals surface area contributed by atoms with E-state index in [2.05, 4.69) is 20.8 Å². The van der Waals surface area contributed by atoms with E-state index >= 15 is 0 Å². The van der Waals surface area contributed by atoms with Crippen LogP contribution in [-0.2, 0) is 9.59 Å². The third-order valence-corrected chi connectivity index (χ3v) is 4.81. The number of fused-ring (bicyclic) bond motifs is 1. The van der Waals surface area contributed by atoms with Crippen LogP contribution in [0.25, 0.3) is 0 Å². The average molecular weight is 266 g/mol. The molecule has 2 amide bonds. The van der Waals surface area contributed by atoms with Crippen LogP contribution in [0.15, 0.2) is 0 Å². The molecular weight excluding hydrogens is 240 g/mol. The number of carbonyl (C=O) groups excluding carboxylic acids is 2. The van der Waals surface area contributed by atoms with Gasteiger partial charge in [0.1, 0.15) is 12.1 Å². The monoisotopic (exact) mass is 266 g/mol. The quantitative estimate of drug-likeness (QED) is 0.785. The summed E-state index contributed by atoms with van der Waals surface area (Å²) >= 11 is 0. The van der Waals surface area contributed by atoms with Gasteiger partial charge in [-0.15, -0.1) is 0 Å². The van der Waals surface area contributed by atoms with E-state index in [4.69, 9.17) is 0 Å². The number of hydrogen-bond donors (Lipinski definition) is 0. The molecule has 0 aromatic rings. The van der Waals surface area contributed by atoms with Crippen molar-refractivity contribution >= 4 is 11.8 Å². The standard InChI is InChI=1S/C15H26N2O2/c1-5-11-13(18)16-10-8-7-9-12(16)14(19)17(11)15(3,4)6-2/h11-12H,5-10H2,1-4H3. The third kappa shape index (κ3) is 2.26. The molecule has 2 saturated heterocycles. The molecule has 0 bridgehead atoms. The highest BCUT2D eigenvalue weighted by Gasteiger charge is 2.49. The summed E-state index contributed by atoms with van der Waals surface area (Å²) in [7, 11) is 0.